The van der Waals surface area contributed by atoms with E-state index in [1.54, 1.807) is 44.6 Å². The standard InChI is InChI=1S/C24H25N7O4/c1-31(2)24(32)18-4-5-20(30-23(18)33-3)29-21-11-19(27-14-28-21)16-10-15(12-25)22(26-13-16)35-17-6-8-34-9-7-17/h4-5,10-11,13-14,17H,6-9H2,1-3H3,(H,27,28,29,30). The number of nitrogens with one attached hydrogen (secondary N) is 1. The number of nitriles is 1. The number of methoxy groups -OCH3 is 1. The lowest BCUT2D eigenvalue weighted by molar-refractivity contribution is 0.0236. The van der Waals surface area contributed by atoms with Gasteiger partial charge in [0.25, 0.3) is 5.91 Å². The Labute approximate surface area is 202 Å². The first-order valence-electron chi connectivity index (χ1n) is 11.0. The van der Waals surface area contributed by atoms with Crippen molar-refractivity contribution in [2.24, 2.45) is 0 Å². The molecule has 11 heteroatoms. The molecule has 0 saturated carbocycles. The van der Waals surface area contributed by atoms with Crippen molar-refractivity contribution in [3.63, 3.8) is 0 Å². The number of nitrogens with zero attached hydrogens (tertiary/aromatic N) is 6. The molecule has 1 aliphatic heterocycles. The van der Waals surface area contributed by atoms with E-state index in [0.29, 0.717) is 53.1 Å². The van der Waals surface area contributed by atoms with Crippen molar-refractivity contribution in [2.45, 2.75) is 18.9 Å². The number of aromatic nitrogens is 4. The SMILES string of the molecule is COc1nc(Nc2cc(-c3cnc(OC4CCOCC4)c(C#N)c3)ncn2)ccc1C(=O)N(C)C. The van der Waals surface area contributed by atoms with Crippen molar-refractivity contribution in [3.8, 4) is 29.1 Å². The molecule has 0 aliphatic carbocycles. The number of ether oxygens (including phenoxy) is 3. The summed E-state index contributed by atoms with van der Waals surface area (Å²) in [7, 11) is 4.77. The van der Waals surface area contributed by atoms with E-state index < -0.39 is 0 Å². The molecule has 1 saturated heterocycles. The van der Waals surface area contributed by atoms with Crippen LogP contribution in [0.5, 0.6) is 11.8 Å². The molecule has 1 fully saturated rings. The number of rotatable bonds is 7. The average molecular weight is 476 g/mol. The molecule has 0 atom stereocenters. The summed E-state index contributed by atoms with van der Waals surface area (Å²) < 4.78 is 16.6. The molecule has 11 nitrogen and oxygen atoms in total. The number of pyridine rings is 2. The Morgan fingerprint density at radius 2 is 1.94 bits per heavy atom. The van der Waals surface area contributed by atoms with Gasteiger partial charge in [0.05, 0.1) is 26.0 Å². The van der Waals surface area contributed by atoms with Gasteiger partial charge in [-0.2, -0.15) is 10.2 Å². The van der Waals surface area contributed by atoms with Crippen LogP contribution in [0.3, 0.4) is 0 Å². The molecule has 4 heterocycles. The Kier molecular flexibility index (Phi) is 7.32. The van der Waals surface area contributed by atoms with Crippen LogP contribution in [0.15, 0.2) is 36.8 Å². The monoisotopic (exact) mass is 475 g/mol. The summed E-state index contributed by atoms with van der Waals surface area (Å²) in [4.78, 5) is 31.0. The van der Waals surface area contributed by atoms with Crippen LogP contribution in [0.25, 0.3) is 11.3 Å². The van der Waals surface area contributed by atoms with Crippen molar-refractivity contribution < 1.29 is 19.0 Å². The fourth-order valence-electron chi connectivity index (χ4n) is 3.50. The van der Waals surface area contributed by atoms with Crippen LogP contribution in [0.2, 0.25) is 0 Å². The number of hydrogen-bond acceptors (Lipinski definition) is 10. The van der Waals surface area contributed by atoms with Crippen LogP contribution >= 0.6 is 0 Å². The van der Waals surface area contributed by atoms with E-state index in [4.69, 9.17) is 14.2 Å². The first kappa shape index (κ1) is 23.8. The van der Waals surface area contributed by atoms with Gasteiger partial charge in [0.15, 0.2) is 0 Å². The first-order valence-corrected chi connectivity index (χ1v) is 11.0. The Bertz CT molecular complexity index is 1250. The lowest BCUT2D eigenvalue weighted by Gasteiger charge is -2.23. The van der Waals surface area contributed by atoms with Crippen molar-refractivity contribution in [2.75, 3.05) is 39.7 Å². The largest absolute Gasteiger partial charge is 0.480 e. The van der Waals surface area contributed by atoms with Crippen LogP contribution in [-0.4, -0.2) is 71.3 Å². The van der Waals surface area contributed by atoms with Crippen LogP contribution < -0.4 is 14.8 Å². The second-order valence-electron chi connectivity index (χ2n) is 7.98. The van der Waals surface area contributed by atoms with E-state index in [1.165, 1.54) is 18.3 Å². The Balaban J connectivity index is 1.54. The predicted octanol–water partition coefficient (Wildman–Crippen LogP) is 2.82. The highest BCUT2D eigenvalue weighted by atomic mass is 16.5. The minimum absolute atomic E-state index is 0.0204. The van der Waals surface area contributed by atoms with Crippen molar-refractivity contribution in [1.29, 1.82) is 5.26 Å². The second kappa shape index (κ2) is 10.8. The molecule has 0 bridgehead atoms. The van der Waals surface area contributed by atoms with Gasteiger partial charge in [0.2, 0.25) is 11.8 Å². The van der Waals surface area contributed by atoms with E-state index in [0.717, 1.165) is 12.8 Å². The summed E-state index contributed by atoms with van der Waals surface area (Å²) >= 11 is 0. The molecule has 35 heavy (non-hydrogen) atoms. The number of anilines is 2. The highest BCUT2D eigenvalue weighted by Gasteiger charge is 2.19. The molecule has 0 spiro atoms. The number of hydrogen-bond donors (Lipinski definition) is 1. The molecule has 180 valence electrons. The third kappa shape index (κ3) is 5.62. The molecule has 1 amide bonds. The zero-order valence-corrected chi connectivity index (χ0v) is 19.7. The van der Waals surface area contributed by atoms with Crippen LogP contribution in [0.4, 0.5) is 11.6 Å². The Morgan fingerprint density at radius 3 is 2.66 bits per heavy atom. The molecule has 1 aliphatic rings. The van der Waals surface area contributed by atoms with E-state index in [2.05, 4.69) is 31.3 Å². The van der Waals surface area contributed by atoms with Crippen LogP contribution in [-0.2, 0) is 4.74 Å². The highest BCUT2D eigenvalue weighted by molar-refractivity contribution is 5.96. The highest BCUT2D eigenvalue weighted by Crippen LogP contribution is 2.27. The second-order valence-corrected chi connectivity index (χ2v) is 7.98. The van der Waals surface area contributed by atoms with E-state index in [-0.39, 0.29) is 17.9 Å². The number of amides is 1. The average Bonchev–Trinajstić information content (AvgIpc) is 2.89. The Hall–Kier alpha value is -4.30. The van der Waals surface area contributed by atoms with Gasteiger partial charge in [-0.05, 0) is 18.2 Å². The van der Waals surface area contributed by atoms with Crippen LogP contribution in [0.1, 0.15) is 28.8 Å². The van der Waals surface area contributed by atoms with Gasteiger partial charge in [0, 0.05) is 44.8 Å². The third-order valence-electron chi connectivity index (χ3n) is 5.33. The molecular formula is C24H25N7O4. The van der Waals surface area contributed by atoms with Gasteiger partial charge in [-0.3, -0.25) is 4.79 Å². The normalized spacial score (nSPS) is 13.5. The minimum Gasteiger partial charge on any atom is -0.480 e. The predicted molar refractivity (Wildman–Crippen MR) is 127 cm³/mol. The molecule has 0 unspecified atom stereocenters. The summed E-state index contributed by atoms with van der Waals surface area (Å²) in [6, 6.07) is 8.86. The summed E-state index contributed by atoms with van der Waals surface area (Å²) in [5.74, 6) is 1.20. The minimum atomic E-state index is -0.213. The third-order valence-corrected chi connectivity index (χ3v) is 5.33. The maximum Gasteiger partial charge on any atom is 0.258 e. The molecule has 4 rings (SSSR count). The van der Waals surface area contributed by atoms with Gasteiger partial charge < -0.3 is 24.4 Å². The summed E-state index contributed by atoms with van der Waals surface area (Å²) in [6.07, 6.45) is 4.52. The van der Waals surface area contributed by atoms with Gasteiger partial charge in [0.1, 0.15) is 41.3 Å². The van der Waals surface area contributed by atoms with Gasteiger partial charge in [-0.15, -0.1) is 0 Å². The van der Waals surface area contributed by atoms with Gasteiger partial charge >= 0.3 is 0 Å². The number of carbonyl (C=O) groups excluding carboxylic acids is 1. The fourth-order valence-corrected chi connectivity index (χ4v) is 3.50. The summed E-state index contributed by atoms with van der Waals surface area (Å²) in [6.45, 7) is 1.27. The summed E-state index contributed by atoms with van der Waals surface area (Å²) in [5, 5.41) is 12.7. The zero-order valence-electron chi connectivity index (χ0n) is 19.7. The van der Waals surface area contributed by atoms with E-state index >= 15 is 0 Å². The molecule has 3 aromatic rings. The van der Waals surface area contributed by atoms with Gasteiger partial charge in [-0.1, -0.05) is 0 Å². The quantitative estimate of drug-likeness (QED) is 0.543. The van der Waals surface area contributed by atoms with Gasteiger partial charge in [-0.25, -0.2) is 15.0 Å². The molecular weight excluding hydrogens is 450 g/mol. The zero-order chi connectivity index (χ0) is 24.8. The Morgan fingerprint density at radius 1 is 1.14 bits per heavy atom. The fraction of sp³-hybridized carbons (Fsp3) is 0.333. The van der Waals surface area contributed by atoms with Crippen molar-refractivity contribution in [1.82, 2.24) is 24.8 Å². The molecule has 3 aromatic heterocycles. The number of carbonyl (C=O) groups is 1. The summed E-state index contributed by atoms with van der Waals surface area (Å²) in [5.41, 5.74) is 1.89. The molecule has 1 N–H and O–H groups in total. The lowest BCUT2D eigenvalue weighted by Crippen LogP contribution is -2.26. The maximum absolute atomic E-state index is 12.3. The van der Waals surface area contributed by atoms with E-state index in [1.807, 2.05) is 0 Å². The molecule has 0 radical (unpaired) electrons. The van der Waals surface area contributed by atoms with Crippen molar-refractivity contribution >= 4 is 17.5 Å². The molecule has 0 aromatic carbocycles. The lowest BCUT2D eigenvalue weighted by atomic mass is 10.1. The maximum atomic E-state index is 12.3. The van der Waals surface area contributed by atoms with E-state index in [9.17, 15) is 10.1 Å². The smallest absolute Gasteiger partial charge is 0.258 e. The van der Waals surface area contributed by atoms with Crippen molar-refractivity contribution in [3.05, 3.63) is 47.9 Å². The topological polar surface area (TPSA) is 135 Å². The van der Waals surface area contributed by atoms with Crippen LogP contribution in [0, 0.1) is 11.3 Å². The first-order chi connectivity index (χ1) is 17.0.